The molecule has 1 aromatic carbocycles. The first-order valence-corrected chi connectivity index (χ1v) is 8.48. The van der Waals surface area contributed by atoms with E-state index in [1.807, 2.05) is 11.3 Å². The predicted octanol–water partition coefficient (Wildman–Crippen LogP) is 4.55. The number of rotatable bonds is 4. The van der Waals surface area contributed by atoms with Crippen LogP contribution in [0.15, 0.2) is 28.7 Å². The predicted molar refractivity (Wildman–Crippen MR) is 87.2 cm³/mol. The van der Waals surface area contributed by atoms with Crippen LogP contribution < -0.4 is 5.32 Å². The second-order valence-electron chi connectivity index (χ2n) is 5.08. The molecule has 0 spiro atoms. The van der Waals surface area contributed by atoms with Gasteiger partial charge in [-0.2, -0.15) is 0 Å². The maximum atomic E-state index is 5.52. The Balaban J connectivity index is 2.00. The number of hydrogen-bond acceptors (Lipinski definition) is 3. The lowest BCUT2D eigenvalue weighted by Crippen LogP contribution is -2.21. The minimum atomic E-state index is 0.249. The van der Waals surface area contributed by atoms with E-state index in [4.69, 9.17) is 4.74 Å². The Morgan fingerprint density at radius 3 is 2.80 bits per heavy atom. The van der Waals surface area contributed by atoms with Gasteiger partial charge < -0.3 is 10.1 Å². The highest BCUT2D eigenvalue weighted by Crippen LogP contribution is 2.36. The molecule has 1 unspecified atom stereocenters. The Hall–Kier alpha value is -0.680. The third-order valence-corrected chi connectivity index (χ3v) is 5.62. The Labute approximate surface area is 132 Å². The van der Waals surface area contributed by atoms with E-state index in [1.165, 1.54) is 30.9 Å². The molecule has 1 atom stereocenters. The molecule has 0 aliphatic carbocycles. The Morgan fingerprint density at radius 1 is 1.30 bits per heavy atom. The van der Waals surface area contributed by atoms with Gasteiger partial charge in [-0.3, -0.25) is 0 Å². The van der Waals surface area contributed by atoms with E-state index in [0.717, 1.165) is 19.8 Å². The van der Waals surface area contributed by atoms with Crippen LogP contribution in [0.5, 0.6) is 0 Å². The van der Waals surface area contributed by atoms with Gasteiger partial charge in [0.2, 0.25) is 0 Å². The number of nitrogens with one attached hydrogen (secondary N) is 1. The molecule has 4 heteroatoms. The molecule has 2 nitrogen and oxygen atoms in total. The highest BCUT2D eigenvalue weighted by Gasteiger charge is 2.20. The summed E-state index contributed by atoms with van der Waals surface area (Å²) in [4.78, 5) is 2.68. The lowest BCUT2D eigenvalue weighted by atomic mass is 10.00. The number of fused-ring (bicyclic) bond motifs is 1. The first-order chi connectivity index (χ1) is 9.69. The second kappa shape index (κ2) is 5.98. The summed E-state index contributed by atoms with van der Waals surface area (Å²) >= 11 is 5.54. The fourth-order valence-electron chi connectivity index (χ4n) is 2.64. The number of hydrogen-bond donors (Lipinski definition) is 1. The standard InChI is InChI=1S/C16H18BrNOS/c1-3-18-15(16-14(17)6-10(2)20-16)11-4-5-12-8-19-9-13(12)7-11/h4-7,15,18H,3,8-9H2,1-2H3. The van der Waals surface area contributed by atoms with Crippen molar-refractivity contribution < 1.29 is 4.74 Å². The van der Waals surface area contributed by atoms with Crippen LogP contribution in [0.25, 0.3) is 0 Å². The fourth-order valence-corrected chi connectivity index (χ4v) is 4.62. The topological polar surface area (TPSA) is 21.3 Å². The highest BCUT2D eigenvalue weighted by atomic mass is 79.9. The minimum Gasteiger partial charge on any atom is -0.372 e. The number of benzene rings is 1. The largest absolute Gasteiger partial charge is 0.372 e. The smallest absolute Gasteiger partial charge is 0.0725 e. The number of aryl methyl sites for hydroxylation is 1. The molecule has 0 bridgehead atoms. The van der Waals surface area contributed by atoms with Gasteiger partial charge in [0, 0.05) is 14.2 Å². The van der Waals surface area contributed by atoms with Gasteiger partial charge in [-0.05, 0) is 52.2 Å². The highest BCUT2D eigenvalue weighted by molar-refractivity contribution is 9.10. The van der Waals surface area contributed by atoms with Gasteiger partial charge in [-0.15, -0.1) is 11.3 Å². The van der Waals surface area contributed by atoms with Crippen molar-refractivity contribution >= 4 is 27.3 Å². The summed E-state index contributed by atoms with van der Waals surface area (Å²) in [5, 5.41) is 3.60. The minimum absolute atomic E-state index is 0.249. The molecule has 2 aromatic rings. The Morgan fingerprint density at radius 2 is 2.10 bits per heavy atom. The SMILES string of the molecule is CCNC(c1ccc2c(c1)COC2)c1sc(C)cc1Br. The maximum absolute atomic E-state index is 5.52. The normalized spacial score (nSPS) is 15.3. The molecule has 2 heterocycles. The van der Waals surface area contributed by atoms with Gasteiger partial charge in [0.1, 0.15) is 0 Å². The first kappa shape index (κ1) is 14.3. The van der Waals surface area contributed by atoms with Crippen molar-refractivity contribution in [2.75, 3.05) is 6.54 Å². The molecular formula is C16H18BrNOS. The summed E-state index contributed by atoms with van der Waals surface area (Å²) in [7, 11) is 0. The van der Waals surface area contributed by atoms with E-state index in [1.54, 1.807) is 0 Å². The molecule has 1 N–H and O–H groups in total. The van der Waals surface area contributed by atoms with Crippen molar-refractivity contribution in [2.24, 2.45) is 0 Å². The molecule has 0 radical (unpaired) electrons. The van der Waals surface area contributed by atoms with Crippen molar-refractivity contribution in [1.29, 1.82) is 0 Å². The zero-order valence-corrected chi connectivity index (χ0v) is 14.1. The van der Waals surface area contributed by atoms with Gasteiger partial charge in [0.15, 0.2) is 0 Å². The van der Waals surface area contributed by atoms with Gasteiger partial charge in [-0.25, -0.2) is 0 Å². The molecule has 1 aliphatic rings. The lowest BCUT2D eigenvalue weighted by molar-refractivity contribution is 0.134. The lowest BCUT2D eigenvalue weighted by Gasteiger charge is -2.18. The van der Waals surface area contributed by atoms with Crippen LogP contribution in [0.4, 0.5) is 0 Å². The summed E-state index contributed by atoms with van der Waals surface area (Å²) in [5.74, 6) is 0. The summed E-state index contributed by atoms with van der Waals surface area (Å²) < 4.78 is 6.71. The molecule has 0 saturated carbocycles. The molecule has 0 amide bonds. The molecule has 0 saturated heterocycles. The average molecular weight is 352 g/mol. The third kappa shape index (κ3) is 2.70. The van der Waals surface area contributed by atoms with Gasteiger partial charge in [0.25, 0.3) is 0 Å². The zero-order valence-electron chi connectivity index (χ0n) is 11.7. The summed E-state index contributed by atoms with van der Waals surface area (Å²) in [6.07, 6.45) is 0. The van der Waals surface area contributed by atoms with Crippen molar-refractivity contribution in [3.63, 3.8) is 0 Å². The average Bonchev–Trinajstić information content (AvgIpc) is 3.01. The van der Waals surface area contributed by atoms with Crippen molar-refractivity contribution in [2.45, 2.75) is 33.1 Å². The molecule has 1 aliphatic heterocycles. The van der Waals surface area contributed by atoms with Crippen LogP contribution in [0, 0.1) is 6.92 Å². The maximum Gasteiger partial charge on any atom is 0.0725 e. The monoisotopic (exact) mass is 351 g/mol. The number of thiophene rings is 1. The van der Waals surface area contributed by atoms with E-state index in [9.17, 15) is 0 Å². The molecule has 106 valence electrons. The molecule has 3 rings (SSSR count). The molecule has 20 heavy (non-hydrogen) atoms. The van der Waals surface area contributed by atoms with Gasteiger partial charge in [0.05, 0.1) is 19.3 Å². The quantitative estimate of drug-likeness (QED) is 0.872. The summed E-state index contributed by atoms with van der Waals surface area (Å²) in [6, 6.07) is 9.16. The van der Waals surface area contributed by atoms with E-state index < -0.39 is 0 Å². The Bertz CT molecular complexity index is 623. The van der Waals surface area contributed by atoms with Crippen molar-refractivity contribution in [3.05, 3.63) is 55.2 Å². The van der Waals surface area contributed by atoms with E-state index >= 15 is 0 Å². The summed E-state index contributed by atoms with van der Waals surface area (Å²) in [6.45, 7) is 6.74. The zero-order chi connectivity index (χ0) is 14.1. The second-order valence-corrected chi connectivity index (χ2v) is 7.22. The van der Waals surface area contributed by atoms with Gasteiger partial charge >= 0.3 is 0 Å². The van der Waals surface area contributed by atoms with Crippen LogP contribution in [-0.2, 0) is 18.0 Å². The van der Waals surface area contributed by atoms with Crippen LogP contribution in [-0.4, -0.2) is 6.54 Å². The van der Waals surface area contributed by atoms with Crippen molar-refractivity contribution in [1.82, 2.24) is 5.32 Å². The number of ether oxygens (including phenoxy) is 1. The first-order valence-electron chi connectivity index (χ1n) is 6.87. The van der Waals surface area contributed by atoms with E-state index in [-0.39, 0.29) is 6.04 Å². The number of halogens is 1. The van der Waals surface area contributed by atoms with Crippen LogP contribution in [0.3, 0.4) is 0 Å². The molecule has 0 fully saturated rings. The van der Waals surface area contributed by atoms with Crippen LogP contribution >= 0.6 is 27.3 Å². The van der Waals surface area contributed by atoms with Crippen molar-refractivity contribution in [3.8, 4) is 0 Å². The Kier molecular flexibility index (Phi) is 4.26. The summed E-state index contributed by atoms with van der Waals surface area (Å²) in [5.41, 5.74) is 3.97. The van der Waals surface area contributed by atoms with E-state index in [0.29, 0.717) is 0 Å². The van der Waals surface area contributed by atoms with Crippen LogP contribution in [0.1, 0.15) is 39.4 Å². The van der Waals surface area contributed by atoms with Crippen LogP contribution in [0.2, 0.25) is 0 Å². The van der Waals surface area contributed by atoms with E-state index in [2.05, 4.69) is 59.4 Å². The molecular weight excluding hydrogens is 334 g/mol. The third-order valence-electron chi connectivity index (χ3n) is 3.59. The fraction of sp³-hybridized carbons (Fsp3) is 0.375. The molecule has 1 aromatic heterocycles. The van der Waals surface area contributed by atoms with Gasteiger partial charge in [-0.1, -0.05) is 25.1 Å².